The second-order valence-corrected chi connectivity index (χ2v) is 9.27. The van der Waals surface area contributed by atoms with E-state index in [-0.39, 0.29) is 17.6 Å². The fraction of sp³-hybridized carbons (Fsp3) is 0.269. The minimum atomic E-state index is -0.352. The Morgan fingerprint density at radius 3 is 2.59 bits per heavy atom. The number of hydrogen-bond donors (Lipinski definition) is 0. The van der Waals surface area contributed by atoms with Crippen molar-refractivity contribution in [2.45, 2.75) is 31.7 Å². The van der Waals surface area contributed by atoms with E-state index in [0.29, 0.717) is 23.3 Å². The smallest absolute Gasteiger partial charge is 0.192 e. The van der Waals surface area contributed by atoms with Gasteiger partial charge in [-0.05, 0) is 37.6 Å². The van der Waals surface area contributed by atoms with Crippen molar-refractivity contribution in [2.75, 3.05) is 12.4 Å². The molecule has 8 heteroatoms. The molecule has 0 aliphatic carbocycles. The Balaban J connectivity index is 1.26. The number of aromatic nitrogens is 4. The summed E-state index contributed by atoms with van der Waals surface area (Å²) in [5, 5.41) is 9.28. The number of fused-ring (bicyclic) bond motifs is 1. The summed E-state index contributed by atoms with van der Waals surface area (Å²) >= 11 is 1.38. The van der Waals surface area contributed by atoms with E-state index in [0.717, 1.165) is 29.2 Å². The number of carbonyl (C=O) groups is 1. The molecule has 0 spiro atoms. The quantitative estimate of drug-likeness (QED) is 0.284. The summed E-state index contributed by atoms with van der Waals surface area (Å²) in [6.07, 6.45) is -0.352. The highest BCUT2D eigenvalue weighted by atomic mass is 32.2. The van der Waals surface area contributed by atoms with Gasteiger partial charge in [0.2, 0.25) is 0 Å². The number of para-hydroxylation sites is 2. The van der Waals surface area contributed by atoms with E-state index in [2.05, 4.69) is 26.9 Å². The van der Waals surface area contributed by atoms with Crippen LogP contribution >= 0.6 is 11.8 Å². The number of ether oxygens (including phenoxy) is 2. The topological polar surface area (TPSA) is 71.2 Å². The molecule has 0 saturated carbocycles. The Morgan fingerprint density at radius 2 is 1.79 bits per heavy atom. The van der Waals surface area contributed by atoms with E-state index in [1.807, 2.05) is 74.0 Å². The second-order valence-electron chi connectivity index (χ2n) is 8.33. The van der Waals surface area contributed by atoms with Crippen LogP contribution in [0.4, 0.5) is 0 Å². The van der Waals surface area contributed by atoms with Crippen LogP contribution in [0, 0.1) is 13.8 Å². The fourth-order valence-corrected chi connectivity index (χ4v) is 4.98. The van der Waals surface area contributed by atoms with Crippen molar-refractivity contribution in [3.05, 3.63) is 89.0 Å². The molecule has 1 aliphatic heterocycles. The van der Waals surface area contributed by atoms with Crippen molar-refractivity contribution >= 4 is 17.5 Å². The summed E-state index contributed by atoms with van der Waals surface area (Å²) in [6, 6.07) is 19.8. The molecule has 0 fully saturated rings. The van der Waals surface area contributed by atoms with E-state index >= 15 is 0 Å². The molecule has 1 atom stereocenters. The Labute approximate surface area is 202 Å². The molecule has 2 aromatic heterocycles. The molecule has 7 nitrogen and oxygen atoms in total. The summed E-state index contributed by atoms with van der Waals surface area (Å²) in [7, 11) is 1.89. The van der Waals surface area contributed by atoms with Crippen molar-refractivity contribution in [1.82, 2.24) is 19.3 Å². The lowest BCUT2D eigenvalue weighted by Crippen LogP contribution is -2.24. The zero-order chi connectivity index (χ0) is 23.7. The zero-order valence-corrected chi connectivity index (χ0v) is 20.2. The maximum absolute atomic E-state index is 13.1. The van der Waals surface area contributed by atoms with Gasteiger partial charge in [0, 0.05) is 30.5 Å². The van der Waals surface area contributed by atoms with Crippen LogP contribution in [0.25, 0.3) is 0 Å². The minimum absolute atomic E-state index is 0.0770. The van der Waals surface area contributed by atoms with Gasteiger partial charge >= 0.3 is 0 Å². The average Bonchev–Trinajstić information content (AvgIpc) is 3.37. The third-order valence-electron chi connectivity index (χ3n) is 6.06. The number of ketones is 1. The summed E-state index contributed by atoms with van der Waals surface area (Å²) in [4.78, 5) is 13.1. The normalized spacial score (nSPS) is 14.9. The summed E-state index contributed by atoms with van der Waals surface area (Å²) in [5.74, 6) is 2.45. The largest absolute Gasteiger partial charge is 0.485 e. The van der Waals surface area contributed by atoms with Crippen molar-refractivity contribution in [2.24, 2.45) is 7.05 Å². The maximum atomic E-state index is 13.1. The number of Topliss-reactive ketones (excluding diaryl/α,β-unsaturated/α-hetero) is 1. The van der Waals surface area contributed by atoms with Crippen LogP contribution < -0.4 is 9.47 Å². The van der Waals surface area contributed by atoms with Crippen molar-refractivity contribution in [3.63, 3.8) is 0 Å². The first-order chi connectivity index (χ1) is 16.5. The van der Waals surface area contributed by atoms with Crippen molar-refractivity contribution in [1.29, 1.82) is 0 Å². The van der Waals surface area contributed by atoms with Gasteiger partial charge in [-0.2, -0.15) is 0 Å². The first kappa shape index (κ1) is 22.3. The number of rotatable bonds is 7. The van der Waals surface area contributed by atoms with Crippen LogP contribution in [0.1, 0.15) is 39.2 Å². The number of carbonyl (C=O) groups excluding carboxylic acids is 1. The standard InChI is InChI=1S/C26H26N4O3S/c1-17-13-20(18(2)30(17)14-19-9-5-4-6-10-19)21(31)16-34-26-28-27-25(29(26)3)24-15-32-22-11-7-8-12-23(22)33-24/h4-13,24H,14-16H2,1-3H3/t24-/m0/s1. The minimum Gasteiger partial charge on any atom is -0.485 e. The van der Waals surface area contributed by atoms with Crippen LogP contribution in [0.15, 0.2) is 65.8 Å². The van der Waals surface area contributed by atoms with Crippen LogP contribution in [0.5, 0.6) is 11.5 Å². The van der Waals surface area contributed by atoms with Crippen molar-refractivity contribution in [3.8, 4) is 11.5 Å². The molecule has 0 unspecified atom stereocenters. The summed E-state index contributed by atoms with van der Waals surface area (Å²) in [5.41, 5.74) is 4.02. The van der Waals surface area contributed by atoms with Gasteiger partial charge in [-0.15, -0.1) is 10.2 Å². The van der Waals surface area contributed by atoms with Gasteiger partial charge < -0.3 is 18.6 Å². The van der Waals surface area contributed by atoms with E-state index in [1.54, 1.807) is 0 Å². The molecule has 174 valence electrons. The molecule has 4 aromatic rings. The molecule has 2 aromatic carbocycles. The maximum Gasteiger partial charge on any atom is 0.192 e. The van der Waals surface area contributed by atoms with Gasteiger partial charge in [-0.1, -0.05) is 54.2 Å². The molecule has 0 radical (unpaired) electrons. The predicted octanol–water partition coefficient (Wildman–Crippen LogP) is 4.77. The number of aryl methyl sites for hydroxylation is 1. The lowest BCUT2D eigenvalue weighted by Gasteiger charge is -2.25. The van der Waals surface area contributed by atoms with Gasteiger partial charge in [-0.25, -0.2) is 0 Å². The van der Waals surface area contributed by atoms with Crippen LogP contribution in [-0.2, 0) is 13.6 Å². The van der Waals surface area contributed by atoms with Gasteiger partial charge in [-0.3, -0.25) is 4.79 Å². The third kappa shape index (κ3) is 4.33. The Kier molecular flexibility index (Phi) is 6.15. The first-order valence-electron chi connectivity index (χ1n) is 11.2. The Hall–Kier alpha value is -3.52. The molecule has 3 heterocycles. The summed E-state index contributed by atoms with van der Waals surface area (Å²) in [6.45, 7) is 5.16. The van der Waals surface area contributed by atoms with Gasteiger partial charge in [0.1, 0.15) is 6.61 Å². The van der Waals surface area contributed by atoms with E-state index < -0.39 is 0 Å². The Morgan fingerprint density at radius 1 is 1.06 bits per heavy atom. The zero-order valence-electron chi connectivity index (χ0n) is 19.4. The SMILES string of the molecule is Cc1cc(C(=O)CSc2nnc([C@@H]3COc4ccccc4O3)n2C)c(C)n1Cc1ccccc1. The van der Waals surface area contributed by atoms with E-state index in [1.165, 1.54) is 17.3 Å². The number of hydrogen-bond acceptors (Lipinski definition) is 6. The average molecular weight is 475 g/mol. The number of nitrogens with zero attached hydrogens (tertiary/aromatic N) is 4. The third-order valence-corrected chi connectivity index (χ3v) is 7.08. The van der Waals surface area contributed by atoms with E-state index in [4.69, 9.17) is 9.47 Å². The molecular weight excluding hydrogens is 448 g/mol. The van der Waals surface area contributed by atoms with E-state index in [9.17, 15) is 4.79 Å². The highest BCUT2D eigenvalue weighted by Gasteiger charge is 2.27. The molecule has 0 saturated heterocycles. The molecule has 0 bridgehead atoms. The van der Waals surface area contributed by atoms with Gasteiger partial charge in [0.05, 0.1) is 5.75 Å². The van der Waals surface area contributed by atoms with Gasteiger partial charge in [0.25, 0.3) is 0 Å². The number of thioether (sulfide) groups is 1. The first-order valence-corrected chi connectivity index (χ1v) is 12.1. The van der Waals surface area contributed by atoms with Crippen molar-refractivity contribution < 1.29 is 14.3 Å². The van der Waals surface area contributed by atoms with Crippen LogP contribution in [0.2, 0.25) is 0 Å². The molecule has 5 rings (SSSR count). The molecule has 1 aliphatic rings. The lowest BCUT2D eigenvalue weighted by molar-refractivity contribution is 0.0825. The monoisotopic (exact) mass is 474 g/mol. The van der Waals surface area contributed by atoms with Crippen LogP contribution in [0.3, 0.4) is 0 Å². The lowest BCUT2D eigenvalue weighted by atomic mass is 10.2. The summed E-state index contributed by atoms with van der Waals surface area (Å²) < 4.78 is 15.9. The van der Waals surface area contributed by atoms with Crippen LogP contribution in [-0.4, -0.2) is 37.5 Å². The second kappa shape index (κ2) is 9.38. The van der Waals surface area contributed by atoms with Gasteiger partial charge in [0.15, 0.2) is 34.4 Å². The molecule has 0 N–H and O–H groups in total. The molecule has 0 amide bonds. The molecular formula is C26H26N4O3S. The number of benzene rings is 2. The Bertz CT molecular complexity index is 1330. The highest BCUT2D eigenvalue weighted by molar-refractivity contribution is 7.99. The predicted molar refractivity (Wildman–Crippen MR) is 131 cm³/mol. The molecule has 34 heavy (non-hydrogen) atoms. The fourth-order valence-electron chi connectivity index (χ4n) is 4.18. The highest BCUT2D eigenvalue weighted by Crippen LogP contribution is 2.35.